The molecule has 0 heterocycles. The Morgan fingerprint density at radius 3 is 2.31 bits per heavy atom. The number of hydrogen-bond donors (Lipinski definition) is 2. The molecule has 2 aromatic carbocycles. The molecule has 0 bridgehead atoms. The molecule has 0 saturated carbocycles. The number of thioether (sulfide) groups is 1. The Morgan fingerprint density at radius 1 is 1.19 bits per heavy atom. The summed E-state index contributed by atoms with van der Waals surface area (Å²) in [5.74, 6) is 0.360. The van der Waals surface area contributed by atoms with Gasteiger partial charge in [0.05, 0.1) is 6.04 Å². The van der Waals surface area contributed by atoms with Gasteiger partial charge in [0.25, 0.3) is 0 Å². The summed E-state index contributed by atoms with van der Waals surface area (Å²) in [5.41, 5.74) is 7.14. The van der Waals surface area contributed by atoms with Crippen LogP contribution in [0.5, 0.6) is 0 Å². The number of nitrogens with one attached hydrogen (secondary N) is 1. The number of carbonyl (C=O) groups is 1. The zero-order chi connectivity index (χ0) is 18.5. The molecule has 2 aromatic rings. The van der Waals surface area contributed by atoms with Crippen LogP contribution in [0.4, 0.5) is 0 Å². The van der Waals surface area contributed by atoms with Gasteiger partial charge in [0.15, 0.2) is 0 Å². The molecule has 26 heavy (non-hydrogen) atoms. The Balaban J connectivity index is 1.72. The van der Waals surface area contributed by atoms with E-state index in [1.807, 2.05) is 30.5 Å². The summed E-state index contributed by atoms with van der Waals surface area (Å²) in [5, 5.41) is 9.28. The van der Waals surface area contributed by atoms with E-state index in [-0.39, 0.29) is 18.1 Å². The van der Waals surface area contributed by atoms with E-state index in [1.165, 1.54) is 22.3 Å². The highest BCUT2D eigenvalue weighted by Crippen LogP contribution is 2.44. The molecule has 1 aliphatic rings. The van der Waals surface area contributed by atoms with Crippen molar-refractivity contribution in [3.8, 4) is 11.1 Å². The lowest BCUT2D eigenvalue weighted by Gasteiger charge is -2.18. The van der Waals surface area contributed by atoms with Gasteiger partial charge in [-0.3, -0.25) is 0 Å². The van der Waals surface area contributed by atoms with Gasteiger partial charge < -0.3 is 9.94 Å². The average molecular weight is 369 g/mol. The average Bonchev–Trinajstić information content (AvgIpc) is 3.00. The molecule has 136 valence electrons. The molecule has 0 aromatic heterocycles. The predicted molar refractivity (Wildman–Crippen MR) is 106 cm³/mol. The first-order valence-electron chi connectivity index (χ1n) is 8.60. The van der Waals surface area contributed by atoms with Crippen LogP contribution < -0.4 is 5.48 Å². The maximum Gasteiger partial charge on any atom is 0.335 e. The normalized spacial score (nSPS) is 13.8. The molecule has 0 fully saturated rings. The fourth-order valence-corrected chi connectivity index (χ4v) is 3.86. The third-order valence-electron chi connectivity index (χ3n) is 4.79. The highest BCUT2D eigenvalue weighted by molar-refractivity contribution is 7.98. The highest BCUT2D eigenvalue weighted by Gasteiger charge is 2.29. The van der Waals surface area contributed by atoms with Crippen molar-refractivity contribution < 1.29 is 14.7 Å². The van der Waals surface area contributed by atoms with E-state index in [0.29, 0.717) is 6.42 Å². The maximum absolute atomic E-state index is 12.4. The number of hydroxylamine groups is 1. The quantitative estimate of drug-likeness (QED) is 0.418. The third kappa shape index (κ3) is 3.70. The van der Waals surface area contributed by atoms with E-state index < -0.39 is 12.0 Å². The minimum atomic E-state index is -0.488. The van der Waals surface area contributed by atoms with Crippen LogP contribution in [0.25, 0.3) is 11.1 Å². The Bertz CT molecular complexity index is 760. The van der Waals surface area contributed by atoms with E-state index in [4.69, 9.17) is 4.74 Å². The van der Waals surface area contributed by atoms with Crippen molar-refractivity contribution in [2.45, 2.75) is 18.4 Å². The van der Waals surface area contributed by atoms with Gasteiger partial charge in [0.2, 0.25) is 0 Å². The minimum Gasteiger partial charge on any atom is -0.461 e. The molecule has 1 aliphatic carbocycles. The molecule has 0 amide bonds. The molecular formula is C21H23NO3S. The van der Waals surface area contributed by atoms with Crippen LogP contribution in [0.1, 0.15) is 23.5 Å². The van der Waals surface area contributed by atoms with Gasteiger partial charge in [-0.1, -0.05) is 55.1 Å². The predicted octanol–water partition coefficient (Wildman–Crippen LogP) is 4.00. The van der Waals surface area contributed by atoms with E-state index in [9.17, 15) is 10.0 Å². The molecule has 3 rings (SSSR count). The first-order chi connectivity index (χ1) is 12.7. The van der Waals surface area contributed by atoms with Crippen molar-refractivity contribution in [3.05, 3.63) is 71.8 Å². The monoisotopic (exact) mass is 369 g/mol. The van der Waals surface area contributed by atoms with Crippen molar-refractivity contribution in [2.24, 2.45) is 0 Å². The Labute approximate surface area is 158 Å². The molecule has 0 radical (unpaired) electrons. The number of benzene rings is 2. The van der Waals surface area contributed by atoms with Gasteiger partial charge in [0.1, 0.15) is 6.61 Å². The lowest BCUT2D eigenvalue weighted by molar-refractivity contribution is -0.140. The summed E-state index contributed by atoms with van der Waals surface area (Å²) in [6.07, 6.45) is 2.59. The van der Waals surface area contributed by atoms with E-state index in [0.717, 1.165) is 5.75 Å². The number of hydrogen-bond acceptors (Lipinski definition) is 5. The molecule has 0 aliphatic heterocycles. The van der Waals surface area contributed by atoms with Crippen molar-refractivity contribution >= 4 is 17.7 Å². The van der Waals surface area contributed by atoms with Crippen LogP contribution >= 0.6 is 11.8 Å². The molecule has 1 atom stereocenters. The number of ether oxygens (including phenoxy) is 1. The number of esters is 1. The lowest BCUT2D eigenvalue weighted by Crippen LogP contribution is -2.32. The molecule has 5 heteroatoms. The Kier molecular flexibility index (Phi) is 6.14. The highest BCUT2D eigenvalue weighted by atomic mass is 32.2. The van der Waals surface area contributed by atoms with Crippen LogP contribution in [0.3, 0.4) is 0 Å². The standard InChI is InChI=1S/C21H23NO3S/c1-14(20(22-24)11-12-26-2)21(23)25-13-19-17-9-5-3-7-15(17)16-8-4-6-10-18(16)19/h3-10,19-20,22,24H,1,11-13H2,2H3/t20-/m0/s1. The maximum atomic E-state index is 12.4. The second kappa shape index (κ2) is 8.54. The molecule has 4 nitrogen and oxygen atoms in total. The van der Waals surface area contributed by atoms with Crippen molar-refractivity contribution in [1.29, 1.82) is 0 Å². The smallest absolute Gasteiger partial charge is 0.335 e. The zero-order valence-electron chi connectivity index (χ0n) is 14.8. The first kappa shape index (κ1) is 18.7. The van der Waals surface area contributed by atoms with Gasteiger partial charge in [-0.15, -0.1) is 0 Å². The summed E-state index contributed by atoms with van der Waals surface area (Å²) in [6, 6.07) is 15.9. The van der Waals surface area contributed by atoms with E-state index >= 15 is 0 Å². The molecular weight excluding hydrogens is 346 g/mol. The summed E-state index contributed by atoms with van der Waals surface area (Å²) in [7, 11) is 0. The lowest BCUT2D eigenvalue weighted by atomic mass is 9.98. The van der Waals surface area contributed by atoms with Gasteiger partial charge in [-0.25, -0.2) is 4.79 Å². The molecule has 0 saturated heterocycles. The summed E-state index contributed by atoms with van der Waals surface area (Å²) >= 11 is 1.65. The third-order valence-corrected chi connectivity index (χ3v) is 5.44. The molecule has 0 spiro atoms. The first-order valence-corrected chi connectivity index (χ1v) is 9.99. The number of fused-ring (bicyclic) bond motifs is 3. The second-order valence-electron chi connectivity index (χ2n) is 6.31. The van der Waals surface area contributed by atoms with E-state index in [1.54, 1.807) is 11.8 Å². The summed E-state index contributed by atoms with van der Waals surface area (Å²) < 4.78 is 5.57. The van der Waals surface area contributed by atoms with Crippen LogP contribution in [-0.4, -0.2) is 35.8 Å². The fraction of sp³-hybridized carbons (Fsp3) is 0.286. The van der Waals surface area contributed by atoms with Crippen LogP contribution in [0.2, 0.25) is 0 Å². The van der Waals surface area contributed by atoms with Gasteiger partial charge in [-0.05, 0) is 40.7 Å². The molecule has 2 N–H and O–H groups in total. The minimum absolute atomic E-state index is 0.0193. The number of carbonyl (C=O) groups excluding carboxylic acids is 1. The van der Waals surface area contributed by atoms with Crippen molar-refractivity contribution in [3.63, 3.8) is 0 Å². The van der Waals surface area contributed by atoms with Crippen molar-refractivity contribution in [1.82, 2.24) is 5.48 Å². The van der Waals surface area contributed by atoms with Crippen LogP contribution in [-0.2, 0) is 9.53 Å². The Morgan fingerprint density at radius 2 is 1.77 bits per heavy atom. The van der Waals surface area contributed by atoms with Gasteiger partial charge in [0, 0.05) is 11.5 Å². The SMILES string of the molecule is C=C(C(=O)OCC1c2ccccc2-c2ccccc21)[C@H](CCSC)NO. The topological polar surface area (TPSA) is 58.6 Å². The summed E-state index contributed by atoms with van der Waals surface area (Å²) in [4.78, 5) is 12.4. The van der Waals surface area contributed by atoms with E-state index in [2.05, 4.69) is 36.3 Å². The Hall–Kier alpha value is -2.08. The largest absolute Gasteiger partial charge is 0.461 e. The second-order valence-corrected chi connectivity index (χ2v) is 7.30. The summed E-state index contributed by atoms with van der Waals surface area (Å²) in [6.45, 7) is 4.06. The van der Waals surface area contributed by atoms with Gasteiger partial charge in [-0.2, -0.15) is 17.2 Å². The van der Waals surface area contributed by atoms with Crippen molar-refractivity contribution in [2.75, 3.05) is 18.6 Å². The number of rotatable bonds is 8. The van der Waals surface area contributed by atoms with Gasteiger partial charge >= 0.3 is 5.97 Å². The molecule has 0 unspecified atom stereocenters. The van der Waals surface area contributed by atoms with Crippen LogP contribution in [0, 0.1) is 0 Å². The zero-order valence-corrected chi connectivity index (χ0v) is 15.6. The van der Waals surface area contributed by atoms with Crippen LogP contribution in [0.15, 0.2) is 60.7 Å². The fourth-order valence-electron chi connectivity index (χ4n) is 3.39.